The third kappa shape index (κ3) is 3.77. The second kappa shape index (κ2) is 8.61. The van der Waals surface area contributed by atoms with E-state index in [1.165, 1.54) is 14.2 Å². The van der Waals surface area contributed by atoms with Crippen molar-refractivity contribution in [2.45, 2.75) is 11.8 Å². The van der Waals surface area contributed by atoms with Gasteiger partial charge in [-0.1, -0.05) is 72.8 Å². The van der Waals surface area contributed by atoms with Crippen molar-refractivity contribution in [3.8, 4) is 0 Å². The average Bonchev–Trinajstić information content (AvgIpc) is 2.72. The molecule has 0 N–H and O–H groups in total. The lowest BCUT2D eigenvalue weighted by Crippen LogP contribution is -2.23. The number of hydrogen-bond acceptors (Lipinski definition) is 4. The standard InChI is InChI=1S/C22H22O4/c1-24-22(23)21-19(17-11-7-4-8-12-17)14-13-18(20(21)15-26-25-2)16-9-5-3-6-10-16/h3-14,18-19H,15H2,1-2H3. The molecule has 2 unspecified atom stereocenters. The van der Waals surface area contributed by atoms with Crippen molar-refractivity contribution >= 4 is 5.97 Å². The third-order valence-electron chi connectivity index (χ3n) is 4.58. The van der Waals surface area contributed by atoms with E-state index in [4.69, 9.17) is 14.5 Å². The predicted molar refractivity (Wildman–Crippen MR) is 99.5 cm³/mol. The Morgan fingerprint density at radius 1 is 0.846 bits per heavy atom. The molecule has 0 spiro atoms. The van der Waals surface area contributed by atoms with Gasteiger partial charge in [0.2, 0.25) is 0 Å². The number of carbonyl (C=O) groups is 1. The Morgan fingerprint density at radius 3 is 1.92 bits per heavy atom. The van der Waals surface area contributed by atoms with Gasteiger partial charge in [0.05, 0.1) is 19.8 Å². The predicted octanol–water partition coefficient (Wildman–Crippen LogP) is 4.17. The molecule has 2 aromatic rings. The Labute approximate surface area is 153 Å². The summed E-state index contributed by atoms with van der Waals surface area (Å²) in [7, 11) is 2.87. The van der Waals surface area contributed by atoms with Gasteiger partial charge in [0.25, 0.3) is 0 Å². The number of benzene rings is 2. The van der Waals surface area contributed by atoms with E-state index in [2.05, 4.69) is 12.2 Å². The van der Waals surface area contributed by atoms with Gasteiger partial charge < -0.3 is 4.74 Å². The molecule has 0 heterocycles. The summed E-state index contributed by atoms with van der Waals surface area (Å²) in [6, 6.07) is 19.9. The normalized spacial score (nSPS) is 19.5. The molecule has 0 saturated heterocycles. The van der Waals surface area contributed by atoms with Crippen LogP contribution < -0.4 is 0 Å². The highest BCUT2D eigenvalue weighted by molar-refractivity contribution is 5.92. The molecule has 0 amide bonds. The van der Waals surface area contributed by atoms with E-state index < -0.39 is 0 Å². The molecule has 1 aliphatic rings. The fourth-order valence-electron chi connectivity index (χ4n) is 3.37. The first kappa shape index (κ1) is 18.1. The van der Waals surface area contributed by atoms with Crippen molar-refractivity contribution in [2.75, 3.05) is 20.8 Å². The maximum absolute atomic E-state index is 12.7. The van der Waals surface area contributed by atoms with Crippen LogP contribution in [0, 0.1) is 0 Å². The molecule has 4 nitrogen and oxygen atoms in total. The van der Waals surface area contributed by atoms with Crippen molar-refractivity contribution in [3.63, 3.8) is 0 Å². The Morgan fingerprint density at radius 2 is 1.38 bits per heavy atom. The summed E-state index contributed by atoms with van der Waals surface area (Å²) in [5.41, 5.74) is 3.57. The van der Waals surface area contributed by atoms with Gasteiger partial charge in [-0.3, -0.25) is 0 Å². The fourth-order valence-corrected chi connectivity index (χ4v) is 3.37. The lowest BCUT2D eigenvalue weighted by Gasteiger charge is -2.29. The maximum Gasteiger partial charge on any atom is 0.334 e. The Bertz CT molecular complexity index is 793. The van der Waals surface area contributed by atoms with E-state index in [0.29, 0.717) is 5.57 Å². The van der Waals surface area contributed by atoms with Gasteiger partial charge >= 0.3 is 5.97 Å². The van der Waals surface area contributed by atoms with Gasteiger partial charge in [0, 0.05) is 11.8 Å². The molecule has 2 atom stereocenters. The van der Waals surface area contributed by atoms with Gasteiger partial charge in [-0.15, -0.1) is 0 Å². The highest BCUT2D eigenvalue weighted by Gasteiger charge is 2.32. The first-order chi connectivity index (χ1) is 12.8. The number of hydrogen-bond donors (Lipinski definition) is 0. The summed E-state index contributed by atoms with van der Waals surface area (Å²) < 4.78 is 5.11. The minimum atomic E-state index is -0.348. The van der Waals surface area contributed by atoms with Crippen LogP contribution in [0.25, 0.3) is 0 Å². The van der Waals surface area contributed by atoms with E-state index in [9.17, 15) is 4.79 Å². The van der Waals surface area contributed by atoms with Crippen LogP contribution in [0.3, 0.4) is 0 Å². The Hall–Kier alpha value is -2.69. The summed E-state index contributed by atoms with van der Waals surface area (Å²) >= 11 is 0. The first-order valence-electron chi connectivity index (χ1n) is 8.51. The molecule has 0 bridgehead atoms. The molecule has 26 heavy (non-hydrogen) atoms. The second-order valence-electron chi connectivity index (χ2n) is 6.02. The van der Waals surface area contributed by atoms with Gasteiger partial charge in [-0.05, 0) is 16.7 Å². The highest BCUT2D eigenvalue weighted by atomic mass is 17.2. The number of rotatable bonds is 6. The number of esters is 1. The van der Waals surface area contributed by atoms with Crippen LogP contribution in [-0.4, -0.2) is 26.8 Å². The molecule has 1 aliphatic carbocycles. The minimum absolute atomic E-state index is 0.0691. The zero-order valence-electron chi connectivity index (χ0n) is 14.9. The Kier molecular flexibility index (Phi) is 6.00. The molecule has 2 aromatic carbocycles. The van der Waals surface area contributed by atoms with Crippen LogP contribution in [-0.2, 0) is 19.3 Å². The monoisotopic (exact) mass is 350 g/mol. The van der Waals surface area contributed by atoms with Crippen molar-refractivity contribution in [3.05, 3.63) is 95.1 Å². The smallest absolute Gasteiger partial charge is 0.334 e. The van der Waals surface area contributed by atoms with Crippen molar-refractivity contribution in [1.82, 2.24) is 0 Å². The molecule has 0 radical (unpaired) electrons. The lowest BCUT2D eigenvalue weighted by atomic mass is 9.76. The Balaban J connectivity index is 2.12. The van der Waals surface area contributed by atoms with Crippen molar-refractivity contribution in [1.29, 1.82) is 0 Å². The molecular weight excluding hydrogens is 328 g/mol. The van der Waals surface area contributed by atoms with E-state index in [-0.39, 0.29) is 24.4 Å². The first-order valence-corrected chi connectivity index (χ1v) is 8.51. The highest BCUT2D eigenvalue weighted by Crippen LogP contribution is 2.40. The van der Waals surface area contributed by atoms with E-state index in [1.54, 1.807) is 0 Å². The largest absolute Gasteiger partial charge is 0.466 e. The quantitative estimate of drug-likeness (QED) is 0.339. The summed E-state index contributed by atoms with van der Waals surface area (Å²) in [4.78, 5) is 22.7. The SMILES string of the molecule is COOCC1=C(C(=O)OC)C(c2ccccc2)C=CC1c1ccccc1. The van der Waals surface area contributed by atoms with Gasteiger partial charge in [-0.2, -0.15) is 0 Å². The zero-order chi connectivity index (χ0) is 18.4. The van der Waals surface area contributed by atoms with Crippen LogP contribution >= 0.6 is 0 Å². The summed E-state index contributed by atoms with van der Waals surface area (Å²) in [5, 5.41) is 0. The zero-order valence-corrected chi connectivity index (χ0v) is 14.9. The number of methoxy groups -OCH3 is 1. The molecular formula is C22H22O4. The van der Waals surface area contributed by atoms with Gasteiger partial charge in [0.15, 0.2) is 0 Å². The van der Waals surface area contributed by atoms with Crippen LogP contribution in [0.1, 0.15) is 23.0 Å². The maximum atomic E-state index is 12.7. The molecule has 0 fully saturated rings. The number of carbonyl (C=O) groups excluding carboxylic acids is 1. The molecule has 0 aromatic heterocycles. The molecule has 0 saturated carbocycles. The topological polar surface area (TPSA) is 44.8 Å². The van der Waals surface area contributed by atoms with Crippen LogP contribution in [0.2, 0.25) is 0 Å². The minimum Gasteiger partial charge on any atom is -0.466 e. The fraction of sp³-hybridized carbons (Fsp3) is 0.227. The summed E-state index contributed by atoms with van der Waals surface area (Å²) in [5.74, 6) is -0.599. The number of ether oxygens (including phenoxy) is 1. The van der Waals surface area contributed by atoms with Crippen molar-refractivity contribution in [2.24, 2.45) is 0 Å². The molecule has 134 valence electrons. The van der Waals surface area contributed by atoms with Gasteiger partial charge in [-0.25, -0.2) is 14.6 Å². The molecule has 4 heteroatoms. The van der Waals surface area contributed by atoms with Crippen LogP contribution in [0.5, 0.6) is 0 Å². The molecule has 0 aliphatic heterocycles. The summed E-state index contributed by atoms with van der Waals surface area (Å²) in [6.45, 7) is 0.189. The average molecular weight is 350 g/mol. The second-order valence-corrected chi connectivity index (χ2v) is 6.02. The molecule has 3 rings (SSSR count). The van der Waals surface area contributed by atoms with Gasteiger partial charge in [0.1, 0.15) is 6.61 Å². The number of allylic oxidation sites excluding steroid dienone is 2. The lowest BCUT2D eigenvalue weighted by molar-refractivity contribution is -0.265. The third-order valence-corrected chi connectivity index (χ3v) is 4.58. The van der Waals surface area contributed by atoms with Crippen molar-refractivity contribution < 1.29 is 19.3 Å². The summed E-state index contributed by atoms with van der Waals surface area (Å²) in [6.07, 6.45) is 4.18. The van der Waals surface area contributed by atoms with Crippen LogP contribution in [0.4, 0.5) is 0 Å². The van der Waals surface area contributed by atoms with E-state index in [0.717, 1.165) is 16.7 Å². The van der Waals surface area contributed by atoms with E-state index in [1.807, 2.05) is 60.7 Å². The van der Waals surface area contributed by atoms with Crippen LogP contribution in [0.15, 0.2) is 84.0 Å². The van der Waals surface area contributed by atoms with E-state index >= 15 is 0 Å².